The summed E-state index contributed by atoms with van der Waals surface area (Å²) in [5, 5.41) is 9.34. The zero-order valence-corrected chi connectivity index (χ0v) is 20.5. The summed E-state index contributed by atoms with van der Waals surface area (Å²) in [4.78, 5) is 25.8. The van der Waals surface area contributed by atoms with Crippen LogP contribution in [0.2, 0.25) is 0 Å². The van der Waals surface area contributed by atoms with Crippen LogP contribution >= 0.6 is 0 Å². The zero-order chi connectivity index (χ0) is 25.7. The third-order valence-electron chi connectivity index (χ3n) is 6.43. The van der Waals surface area contributed by atoms with Crippen molar-refractivity contribution in [2.45, 2.75) is 38.2 Å². The minimum Gasteiger partial charge on any atom is -0.497 e. The van der Waals surface area contributed by atoms with E-state index in [1.54, 1.807) is 19.2 Å². The van der Waals surface area contributed by atoms with E-state index in [9.17, 15) is 19.1 Å². The van der Waals surface area contributed by atoms with Gasteiger partial charge in [-0.15, -0.1) is 0 Å². The first-order valence-corrected chi connectivity index (χ1v) is 11.9. The lowest BCUT2D eigenvalue weighted by atomic mass is 9.91. The smallest absolute Gasteiger partial charge is 0.323 e. The van der Waals surface area contributed by atoms with Crippen LogP contribution in [0.1, 0.15) is 29.2 Å². The highest BCUT2D eigenvalue weighted by Gasteiger charge is 2.35. The number of carbonyl (C=O) groups is 2. The summed E-state index contributed by atoms with van der Waals surface area (Å²) in [6.07, 6.45) is 1.65. The molecule has 4 rings (SSSR count). The highest BCUT2D eigenvalue weighted by Crippen LogP contribution is 2.38. The zero-order valence-electron chi connectivity index (χ0n) is 20.5. The van der Waals surface area contributed by atoms with E-state index in [1.165, 1.54) is 11.0 Å². The second kappa shape index (κ2) is 10.8. The third-order valence-corrected chi connectivity index (χ3v) is 6.43. The summed E-state index contributed by atoms with van der Waals surface area (Å²) >= 11 is 0. The lowest BCUT2D eigenvalue weighted by Crippen LogP contribution is -2.38. The lowest BCUT2D eigenvalue weighted by Gasteiger charge is -2.24. The maximum Gasteiger partial charge on any atom is 0.323 e. The van der Waals surface area contributed by atoms with Gasteiger partial charge in [0.05, 0.1) is 13.5 Å². The Labute approximate surface area is 210 Å². The van der Waals surface area contributed by atoms with Gasteiger partial charge in [0.1, 0.15) is 29.5 Å². The van der Waals surface area contributed by atoms with Crippen molar-refractivity contribution in [1.29, 1.82) is 0 Å². The Kier molecular flexibility index (Phi) is 7.58. The first-order chi connectivity index (χ1) is 17.2. The van der Waals surface area contributed by atoms with Crippen LogP contribution in [-0.2, 0) is 35.3 Å². The highest BCUT2D eigenvalue weighted by molar-refractivity contribution is 5.83. The first-order valence-electron chi connectivity index (χ1n) is 11.9. The van der Waals surface area contributed by atoms with Crippen molar-refractivity contribution in [2.24, 2.45) is 0 Å². The van der Waals surface area contributed by atoms with Gasteiger partial charge in [-0.3, -0.25) is 9.59 Å². The largest absolute Gasteiger partial charge is 0.497 e. The Hall–Kier alpha value is -3.87. The molecule has 0 aromatic heterocycles. The molecule has 7 heteroatoms. The normalized spacial score (nSPS) is 16.2. The quantitative estimate of drug-likeness (QED) is 0.453. The van der Waals surface area contributed by atoms with E-state index >= 15 is 0 Å². The summed E-state index contributed by atoms with van der Waals surface area (Å²) in [6.45, 7) is 1.90. The fraction of sp³-hybridized carbons (Fsp3) is 0.310. The van der Waals surface area contributed by atoms with E-state index < -0.39 is 11.6 Å². The molecule has 0 bridgehead atoms. The van der Waals surface area contributed by atoms with E-state index in [0.717, 1.165) is 28.2 Å². The van der Waals surface area contributed by atoms with Gasteiger partial charge in [0.15, 0.2) is 0 Å². The van der Waals surface area contributed by atoms with Crippen molar-refractivity contribution in [1.82, 2.24) is 4.90 Å². The van der Waals surface area contributed by atoms with Crippen LogP contribution in [0.4, 0.5) is 4.39 Å². The van der Waals surface area contributed by atoms with Gasteiger partial charge < -0.3 is 19.5 Å². The Morgan fingerprint density at radius 2 is 1.81 bits per heavy atom. The SMILES string of the molecule is COc1ccc(CCN(CC(=O)O)C(=O)Cc2ccc3c(c2)C[C@](C)(Cc2ccccc2F)O3)cc1. The van der Waals surface area contributed by atoms with Crippen molar-refractivity contribution >= 4 is 11.9 Å². The molecule has 0 spiro atoms. The van der Waals surface area contributed by atoms with Gasteiger partial charge >= 0.3 is 5.97 Å². The molecule has 1 atom stereocenters. The van der Waals surface area contributed by atoms with Crippen molar-refractivity contribution in [3.8, 4) is 11.5 Å². The predicted molar refractivity (Wildman–Crippen MR) is 134 cm³/mol. The van der Waals surface area contributed by atoms with E-state index in [4.69, 9.17) is 9.47 Å². The van der Waals surface area contributed by atoms with Gasteiger partial charge in [-0.2, -0.15) is 0 Å². The van der Waals surface area contributed by atoms with Crippen molar-refractivity contribution < 1.29 is 28.6 Å². The minimum atomic E-state index is -1.05. The number of rotatable bonds is 10. The number of fused-ring (bicyclic) bond motifs is 1. The van der Waals surface area contributed by atoms with Gasteiger partial charge in [-0.05, 0) is 59.9 Å². The maximum atomic E-state index is 14.2. The van der Waals surface area contributed by atoms with E-state index in [0.29, 0.717) is 31.4 Å². The van der Waals surface area contributed by atoms with Crippen LogP contribution < -0.4 is 9.47 Å². The molecule has 36 heavy (non-hydrogen) atoms. The van der Waals surface area contributed by atoms with Crippen LogP contribution in [0.25, 0.3) is 0 Å². The number of hydrogen-bond acceptors (Lipinski definition) is 4. The molecule has 3 aromatic carbocycles. The minimum absolute atomic E-state index is 0.0905. The number of aliphatic carboxylic acids is 1. The number of carbonyl (C=O) groups excluding carboxylic acids is 1. The number of benzene rings is 3. The average Bonchev–Trinajstić information content (AvgIpc) is 3.18. The molecule has 3 aromatic rings. The molecule has 6 nitrogen and oxygen atoms in total. The molecular formula is C29H30FNO5. The number of carboxylic acid groups (broad SMARTS) is 1. The topological polar surface area (TPSA) is 76.1 Å². The maximum absolute atomic E-state index is 14.2. The summed E-state index contributed by atoms with van der Waals surface area (Å²) in [7, 11) is 1.59. The predicted octanol–water partition coefficient (Wildman–Crippen LogP) is 4.47. The Morgan fingerprint density at radius 3 is 2.50 bits per heavy atom. The standard InChI is InChI=1S/C29H30FNO5/c1-29(17-22-5-3-4-6-25(22)30)18-23-15-21(9-12-26(23)36-29)16-27(32)31(19-28(33)34)14-13-20-7-10-24(35-2)11-8-20/h3-12,15H,13-14,16-19H2,1-2H3,(H,33,34)/t29-/m0/s1. The molecule has 0 aliphatic carbocycles. The summed E-state index contributed by atoms with van der Waals surface area (Å²) < 4.78 is 25.5. The molecule has 0 fully saturated rings. The highest BCUT2D eigenvalue weighted by atomic mass is 19.1. The van der Waals surface area contributed by atoms with Gasteiger partial charge in [-0.1, -0.05) is 42.5 Å². The number of ether oxygens (including phenoxy) is 2. The summed E-state index contributed by atoms with van der Waals surface area (Å²) in [6, 6.07) is 19.8. The van der Waals surface area contributed by atoms with E-state index in [-0.39, 0.29) is 24.7 Å². The Balaban J connectivity index is 1.41. The Morgan fingerprint density at radius 1 is 1.08 bits per heavy atom. The number of carboxylic acids is 1. The fourth-order valence-electron chi connectivity index (χ4n) is 4.63. The molecule has 188 valence electrons. The molecule has 0 saturated heterocycles. The molecular weight excluding hydrogens is 461 g/mol. The fourth-order valence-corrected chi connectivity index (χ4v) is 4.63. The molecule has 1 N–H and O–H groups in total. The number of amides is 1. The second-order valence-corrected chi connectivity index (χ2v) is 9.42. The molecule has 1 aliphatic rings. The molecule has 1 amide bonds. The molecule has 1 aliphatic heterocycles. The van der Waals surface area contributed by atoms with E-state index in [1.807, 2.05) is 55.5 Å². The van der Waals surface area contributed by atoms with Crippen LogP contribution in [0.15, 0.2) is 66.7 Å². The van der Waals surface area contributed by atoms with Gasteiger partial charge in [0.2, 0.25) is 5.91 Å². The van der Waals surface area contributed by atoms with Gasteiger partial charge in [0, 0.05) is 19.4 Å². The average molecular weight is 492 g/mol. The van der Waals surface area contributed by atoms with Crippen LogP contribution in [-0.4, -0.2) is 47.7 Å². The lowest BCUT2D eigenvalue weighted by molar-refractivity contribution is -0.144. The second-order valence-electron chi connectivity index (χ2n) is 9.42. The number of methoxy groups -OCH3 is 1. The monoisotopic (exact) mass is 491 g/mol. The molecule has 1 heterocycles. The first kappa shape index (κ1) is 25.2. The van der Waals surface area contributed by atoms with Gasteiger partial charge in [-0.25, -0.2) is 4.39 Å². The Bertz CT molecular complexity index is 1240. The number of halogens is 1. The van der Waals surface area contributed by atoms with Crippen molar-refractivity contribution in [3.63, 3.8) is 0 Å². The summed E-state index contributed by atoms with van der Waals surface area (Å²) in [5.74, 6) is -0.0873. The number of hydrogen-bond donors (Lipinski definition) is 1. The van der Waals surface area contributed by atoms with Gasteiger partial charge in [0.25, 0.3) is 0 Å². The van der Waals surface area contributed by atoms with Crippen molar-refractivity contribution in [3.05, 3.63) is 94.8 Å². The third kappa shape index (κ3) is 6.22. The number of nitrogens with zero attached hydrogens (tertiary/aromatic N) is 1. The molecule has 0 unspecified atom stereocenters. The van der Waals surface area contributed by atoms with Crippen molar-refractivity contribution in [2.75, 3.05) is 20.2 Å². The molecule has 0 saturated carbocycles. The van der Waals surface area contributed by atoms with E-state index in [2.05, 4.69) is 0 Å². The molecule has 0 radical (unpaired) electrons. The summed E-state index contributed by atoms with van der Waals surface area (Å²) in [5.41, 5.74) is 2.76. The van der Waals surface area contributed by atoms with Crippen LogP contribution in [0.3, 0.4) is 0 Å². The van der Waals surface area contributed by atoms with Crippen LogP contribution in [0, 0.1) is 5.82 Å². The van der Waals surface area contributed by atoms with Crippen LogP contribution in [0.5, 0.6) is 11.5 Å².